The second kappa shape index (κ2) is 10.9. The van der Waals surface area contributed by atoms with E-state index in [1.165, 1.54) is 10.8 Å². The van der Waals surface area contributed by atoms with Crippen LogP contribution in [0.5, 0.6) is 0 Å². The molecule has 4 aromatic heterocycles. The Morgan fingerprint density at radius 3 is 2.00 bits per heavy atom. The highest BCUT2D eigenvalue weighted by Gasteiger charge is 2.16. The van der Waals surface area contributed by atoms with Gasteiger partial charge in [0.2, 0.25) is 0 Å². The normalized spacial score (nSPS) is 11.7. The van der Waals surface area contributed by atoms with E-state index >= 15 is 0 Å². The molecule has 5 heteroatoms. The van der Waals surface area contributed by atoms with Gasteiger partial charge in [0.15, 0.2) is 11.5 Å². The molecular weight excluding hydrogens is 599 g/mol. The van der Waals surface area contributed by atoms with Crippen LogP contribution in [0.1, 0.15) is 0 Å². The average Bonchev–Trinajstić information content (AvgIpc) is 3.56. The van der Waals surface area contributed by atoms with Gasteiger partial charge in [0.1, 0.15) is 11.2 Å². The summed E-state index contributed by atoms with van der Waals surface area (Å²) in [5.41, 5.74) is 10.8. The van der Waals surface area contributed by atoms with Gasteiger partial charge in [0, 0.05) is 39.0 Å². The lowest BCUT2D eigenvalue weighted by atomic mass is 9.98. The molecule has 0 amide bonds. The molecule has 10 aromatic rings. The van der Waals surface area contributed by atoms with Crippen LogP contribution in [0.25, 0.3) is 94.3 Å². The Morgan fingerprint density at radius 2 is 1.10 bits per heavy atom. The Hall–Kier alpha value is -6.72. The van der Waals surface area contributed by atoms with E-state index in [0.717, 1.165) is 77.7 Å². The van der Waals surface area contributed by atoms with E-state index in [4.69, 9.17) is 19.9 Å². The van der Waals surface area contributed by atoms with Crippen molar-refractivity contribution in [2.24, 2.45) is 0 Å². The molecule has 0 aliphatic heterocycles. The van der Waals surface area contributed by atoms with Crippen LogP contribution in [0, 0.1) is 0 Å². The van der Waals surface area contributed by atoms with Gasteiger partial charge < -0.3 is 0 Å². The summed E-state index contributed by atoms with van der Waals surface area (Å²) in [5, 5.41) is 5.59. The number of benzene rings is 6. The molecular formula is C44H27N5. The van der Waals surface area contributed by atoms with Crippen molar-refractivity contribution in [2.45, 2.75) is 0 Å². The van der Waals surface area contributed by atoms with E-state index in [-0.39, 0.29) is 0 Å². The van der Waals surface area contributed by atoms with Crippen molar-refractivity contribution >= 4 is 49.3 Å². The van der Waals surface area contributed by atoms with Crippen molar-refractivity contribution in [3.05, 3.63) is 164 Å². The number of rotatable bonds is 4. The van der Waals surface area contributed by atoms with Crippen LogP contribution in [-0.2, 0) is 0 Å². The third kappa shape index (κ3) is 4.48. The number of imidazole rings is 1. The summed E-state index contributed by atoms with van der Waals surface area (Å²) < 4.78 is 2.06. The molecule has 49 heavy (non-hydrogen) atoms. The first-order chi connectivity index (χ1) is 24.3. The number of para-hydroxylation sites is 1. The van der Waals surface area contributed by atoms with Crippen LogP contribution in [0.4, 0.5) is 0 Å². The van der Waals surface area contributed by atoms with E-state index in [1.54, 1.807) is 0 Å². The second-order valence-electron chi connectivity index (χ2n) is 12.3. The van der Waals surface area contributed by atoms with Gasteiger partial charge in [0.05, 0.1) is 16.9 Å². The summed E-state index contributed by atoms with van der Waals surface area (Å²) in [5.74, 6) is 0.706. The Kier molecular flexibility index (Phi) is 6.11. The number of hydrogen-bond donors (Lipinski definition) is 0. The van der Waals surface area contributed by atoms with E-state index in [2.05, 4.69) is 138 Å². The van der Waals surface area contributed by atoms with Crippen LogP contribution in [0.15, 0.2) is 164 Å². The molecule has 0 aliphatic carbocycles. The Bertz CT molecular complexity index is 2880. The number of fused-ring (bicyclic) bond motifs is 7. The molecule has 5 nitrogen and oxygen atoms in total. The first-order valence-corrected chi connectivity index (χ1v) is 16.4. The summed E-state index contributed by atoms with van der Waals surface area (Å²) in [6.07, 6.45) is 2.02. The molecule has 0 spiro atoms. The minimum atomic E-state index is 0.706. The average molecular weight is 626 g/mol. The zero-order valence-electron chi connectivity index (χ0n) is 26.3. The molecule has 0 unspecified atom stereocenters. The van der Waals surface area contributed by atoms with Crippen LogP contribution >= 0.6 is 0 Å². The Labute approximate surface area is 281 Å². The van der Waals surface area contributed by atoms with Gasteiger partial charge in [0.25, 0.3) is 0 Å². The summed E-state index contributed by atoms with van der Waals surface area (Å²) >= 11 is 0. The van der Waals surface area contributed by atoms with Gasteiger partial charge in [-0.1, -0.05) is 133 Å². The first kappa shape index (κ1) is 27.4. The fourth-order valence-electron chi connectivity index (χ4n) is 7.05. The van der Waals surface area contributed by atoms with E-state index in [1.807, 2.05) is 30.5 Å². The lowest BCUT2D eigenvalue weighted by molar-refractivity contribution is 1.19. The van der Waals surface area contributed by atoms with Crippen molar-refractivity contribution in [3.8, 4) is 45.0 Å². The zero-order chi connectivity index (χ0) is 32.3. The van der Waals surface area contributed by atoms with Crippen LogP contribution in [0.2, 0.25) is 0 Å². The van der Waals surface area contributed by atoms with Gasteiger partial charge in [-0.05, 0) is 46.2 Å². The van der Waals surface area contributed by atoms with Crippen molar-refractivity contribution in [2.75, 3.05) is 0 Å². The van der Waals surface area contributed by atoms with Gasteiger partial charge in [-0.2, -0.15) is 0 Å². The summed E-state index contributed by atoms with van der Waals surface area (Å²) in [4.78, 5) is 20.4. The molecule has 0 saturated carbocycles. The summed E-state index contributed by atoms with van der Waals surface area (Å²) in [7, 11) is 0. The van der Waals surface area contributed by atoms with Crippen molar-refractivity contribution in [1.29, 1.82) is 0 Å². The third-order valence-corrected chi connectivity index (χ3v) is 9.42. The maximum atomic E-state index is 5.22. The fourth-order valence-corrected chi connectivity index (χ4v) is 7.05. The monoisotopic (exact) mass is 625 g/mol. The molecule has 0 fully saturated rings. The Morgan fingerprint density at radius 1 is 0.408 bits per heavy atom. The van der Waals surface area contributed by atoms with Gasteiger partial charge >= 0.3 is 0 Å². The largest absolute Gasteiger partial charge is 0.284 e. The predicted octanol–water partition coefficient (Wildman–Crippen LogP) is 10.8. The molecule has 0 radical (unpaired) electrons. The molecule has 0 aliphatic rings. The van der Waals surface area contributed by atoms with Gasteiger partial charge in [-0.15, -0.1) is 0 Å². The number of pyridine rings is 2. The summed E-state index contributed by atoms with van der Waals surface area (Å²) in [6, 6.07) is 54.8. The minimum absolute atomic E-state index is 0.706. The molecule has 0 atom stereocenters. The minimum Gasteiger partial charge on any atom is -0.284 e. The van der Waals surface area contributed by atoms with Crippen molar-refractivity contribution < 1.29 is 0 Å². The predicted molar refractivity (Wildman–Crippen MR) is 200 cm³/mol. The maximum Gasteiger partial charge on any atom is 0.165 e. The van der Waals surface area contributed by atoms with E-state index < -0.39 is 0 Å². The number of hydrogen-bond acceptors (Lipinski definition) is 4. The zero-order valence-corrected chi connectivity index (χ0v) is 26.3. The van der Waals surface area contributed by atoms with E-state index in [9.17, 15) is 0 Å². The van der Waals surface area contributed by atoms with Crippen LogP contribution < -0.4 is 0 Å². The fraction of sp³-hybridized carbons (Fsp3) is 0. The number of aromatic nitrogens is 5. The highest BCUT2D eigenvalue weighted by Crippen LogP contribution is 2.36. The highest BCUT2D eigenvalue weighted by atomic mass is 15.1. The molecule has 0 bridgehead atoms. The third-order valence-electron chi connectivity index (χ3n) is 9.42. The Balaban J connectivity index is 1.07. The lowest BCUT2D eigenvalue weighted by Gasteiger charge is -2.12. The van der Waals surface area contributed by atoms with Crippen LogP contribution in [-0.4, -0.2) is 24.3 Å². The number of nitrogens with zero attached hydrogens (tertiary/aromatic N) is 5. The highest BCUT2D eigenvalue weighted by molar-refractivity contribution is 6.09. The molecule has 0 N–H and O–H groups in total. The van der Waals surface area contributed by atoms with Crippen molar-refractivity contribution in [1.82, 2.24) is 24.3 Å². The maximum absolute atomic E-state index is 5.22. The lowest BCUT2D eigenvalue weighted by Crippen LogP contribution is -1.96. The summed E-state index contributed by atoms with van der Waals surface area (Å²) in [6.45, 7) is 0. The molecule has 6 aromatic carbocycles. The second-order valence-corrected chi connectivity index (χ2v) is 12.3. The smallest absolute Gasteiger partial charge is 0.165 e. The van der Waals surface area contributed by atoms with Crippen molar-refractivity contribution in [3.63, 3.8) is 0 Å². The molecule has 228 valence electrons. The molecule has 10 rings (SSSR count). The quantitative estimate of drug-likeness (QED) is 0.195. The van der Waals surface area contributed by atoms with Gasteiger partial charge in [-0.25, -0.2) is 19.9 Å². The van der Waals surface area contributed by atoms with E-state index in [0.29, 0.717) is 5.82 Å². The molecule has 0 saturated heterocycles. The SMILES string of the molecule is c1cc(-c2ccc(-c3nc4c(nc5ccccn54)c4ccccc34)cc2)cc(-c2nc(-c3cccc4ccccc34)c3ccccc3n2)c1. The molecule has 4 heterocycles. The van der Waals surface area contributed by atoms with Crippen LogP contribution in [0.3, 0.4) is 0 Å². The first-order valence-electron chi connectivity index (χ1n) is 16.4. The van der Waals surface area contributed by atoms with Gasteiger partial charge in [-0.3, -0.25) is 4.40 Å². The topological polar surface area (TPSA) is 56.0 Å². The standard InChI is InChI=1S/C44H27N5/c1-2-15-33-29(11-1)12-10-19-34(33)41-37-18-5-6-20-38(37)45-43(47-41)32-14-9-13-31(27-32)28-22-24-30(25-23-28)40-35-16-3-4-17-36(35)42-44(48-40)49-26-8-7-21-39(49)46-42/h1-27H.